The van der Waals surface area contributed by atoms with E-state index in [2.05, 4.69) is 4.98 Å². The molecule has 192 valence electrons. The predicted octanol–water partition coefficient (Wildman–Crippen LogP) is 2.79. The summed E-state index contributed by atoms with van der Waals surface area (Å²) >= 11 is 5.69. The largest absolute Gasteiger partial charge is 0.480 e. The molecule has 13 heteroatoms. The van der Waals surface area contributed by atoms with Gasteiger partial charge in [-0.05, 0) is 38.0 Å². The summed E-state index contributed by atoms with van der Waals surface area (Å²) in [4.78, 5) is 30.9. The van der Waals surface area contributed by atoms with E-state index < -0.39 is 39.4 Å². The molecule has 0 saturated carbocycles. The van der Waals surface area contributed by atoms with Gasteiger partial charge in [-0.15, -0.1) is 0 Å². The van der Waals surface area contributed by atoms with E-state index in [1.54, 1.807) is 11.8 Å². The van der Waals surface area contributed by atoms with Crippen LogP contribution in [0.2, 0.25) is 5.02 Å². The molecule has 1 N–H and O–H groups in total. The fraction of sp³-hybridized carbons (Fsp3) is 0.391. The van der Waals surface area contributed by atoms with Gasteiger partial charge >= 0.3 is 5.97 Å². The van der Waals surface area contributed by atoms with E-state index in [9.17, 15) is 27.7 Å². The molecule has 0 spiro atoms. The summed E-state index contributed by atoms with van der Waals surface area (Å²) in [5, 5.41) is 9.73. The molecule has 3 rings (SSSR count). The Labute approximate surface area is 213 Å². The monoisotopic (exact) mass is 538 g/mol. The van der Waals surface area contributed by atoms with Gasteiger partial charge in [0.25, 0.3) is 0 Å². The van der Waals surface area contributed by atoms with Crippen LogP contribution < -0.4 is 14.4 Å². The Morgan fingerprint density at radius 2 is 2.00 bits per heavy atom. The first kappa shape index (κ1) is 27.2. The van der Waals surface area contributed by atoms with Crippen LogP contribution in [0.25, 0.3) is 0 Å². The fourth-order valence-corrected chi connectivity index (χ4v) is 5.14. The van der Waals surface area contributed by atoms with E-state index >= 15 is 0 Å². The van der Waals surface area contributed by atoms with E-state index in [0.29, 0.717) is 13.1 Å². The molecule has 1 aromatic carbocycles. The van der Waals surface area contributed by atoms with Crippen LogP contribution in [0.3, 0.4) is 0 Å². The molecule has 0 unspecified atom stereocenters. The lowest BCUT2D eigenvalue weighted by atomic mass is 9.96. The Morgan fingerprint density at radius 3 is 2.58 bits per heavy atom. The van der Waals surface area contributed by atoms with E-state index in [0.717, 1.165) is 6.07 Å². The van der Waals surface area contributed by atoms with Crippen molar-refractivity contribution in [2.24, 2.45) is 5.92 Å². The van der Waals surface area contributed by atoms with Crippen molar-refractivity contribution in [1.29, 1.82) is 5.26 Å². The van der Waals surface area contributed by atoms with Gasteiger partial charge in [-0.25, -0.2) is 17.6 Å². The third-order valence-electron chi connectivity index (χ3n) is 5.56. The standard InChI is InChI=1S/C23H24ClFN4O6S/c1-3-35-23(31)18-10-16(12-26)20(27-22(18)34-2)29-8-6-14(7-9-29)21(30)28-36(32,33)13-15-4-5-17(24)11-19(15)25/h4-5,10-11,14H,3,6-9,13H2,1-2H3,(H,28,30). The molecule has 1 saturated heterocycles. The van der Waals surface area contributed by atoms with Gasteiger partial charge < -0.3 is 14.4 Å². The Bertz CT molecular complexity index is 1310. The first-order chi connectivity index (χ1) is 17.1. The van der Waals surface area contributed by atoms with Gasteiger partial charge in [-0.2, -0.15) is 10.2 Å². The van der Waals surface area contributed by atoms with Crippen LogP contribution in [0.4, 0.5) is 10.2 Å². The maximum Gasteiger partial charge on any atom is 0.343 e. The first-order valence-electron chi connectivity index (χ1n) is 11.0. The van der Waals surface area contributed by atoms with Crippen molar-refractivity contribution < 1.29 is 31.9 Å². The van der Waals surface area contributed by atoms with Gasteiger partial charge in [0.1, 0.15) is 17.4 Å². The number of carbonyl (C=O) groups is 2. The maximum atomic E-state index is 14.0. The minimum atomic E-state index is -4.13. The number of halogens is 2. The first-order valence-corrected chi connectivity index (χ1v) is 13.0. The van der Waals surface area contributed by atoms with Crippen LogP contribution in [-0.4, -0.2) is 52.1 Å². The number of piperidine rings is 1. The number of hydrogen-bond donors (Lipinski definition) is 1. The normalized spacial score (nSPS) is 14.1. The maximum absolute atomic E-state index is 14.0. The lowest BCUT2D eigenvalue weighted by Crippen LogP contribution is -2.43. The van der Waals surface area contributed by atoms with Crippen molar-refractivity contribution in [3.8, 4) is 11.9 Å². The molecule has 2 aromatic rings. The molecule has 10 nitrogen and oxygen atoms in total. The predicted molar refractivity (Wildman–Crippen MR) is 129 cm³/mol. The van der Waals surface area contributed by atoms with Gasteiger partial charge in [0.15, 0.2) is 5.82 Å². The molecule has 1 amide bonds. The molecular formula is C23H24ClFN4O6S. The number of anilines is 1. The number of rotatable bonds is 8. The Hall–Kier alpha value is -3.43. The highest BCUT2D eigenvalue weighted by Crippen LogP contribution is 2.30. The third-order valence-corrected chi connectivity index (χ3v) is 7.00. The van der Waals surface area contributed by atoms with Crippen molar-refractivity contribution in [3.05, 3.63) is 51.8 Å². The van der Waals surface area contributed by atoms with Crippen LogP contribution in [0.15, 0.2) is 24.3 Å². The van der Waals surface area contributed by atoms with E-state index in [1.165, 1.54) is 25.3 Å². The van der Waals surface area contributed by atoms with Crippen molar-refractivity contribution in [2.75, 3.05) is 31.7 Å². The van der Waals surface area contributed by atoms with Gasteiger partial charge in [0, 0.05) is 29.6 Å². The molecule has 1 aliphatic rings. The van der Waals surface area contributed by atoms with Crippen LogP contribution >= 0.6 is 11.6 Å². The minimum Gasteiger partial charge on any atom is -0.480 e. The van der Waals surface area contributed by atoms with Crippen LogP contribution in [0.1, 0.15) is 41.3 Å². The molecular weight excluding hydrogens is 515 g/mol. The highest BCUT2D eigenvalue weighted by molar-refractivity contribution is 7.89. The lowest BCUT2D eigenvalue weighted by molar-refractivity contribution is -0.123. The zero-order chi connectivity index (χ0) is 26.5. The lowest BCUT2D eigenvalue weighted by Gasteiger charge is -2.32. The second kappa shape index (κ2) is 11.5. The molecule has 1 aromatic heterocycles. The number of methoxy groups -OCH3 is 1. The average molecular weight is 539 g/mol. The Kier molecular flexibility index (Phi) is 8.70. The number of hydrogen-bond acceptors (Lipinski definition) is 9. The van der Waals surface area contributed by atoms with Crippen molar-refractivity contribution in [2.45, 2.75) is 25.5 Å². The summed E-state index contributed by atoms with van der Waals surface area (Å²) < 4.78 is 51.0. The minimum absolute atomic E-state index is 0.00263. The molecule has 0 radical (unpaired) electrons. The fourth-order valence-electron chi connectivity index (χ4n) is 3.79. The van der Waals surface area contributed by atoms with E-state index in [1.807, 2.05) is 10.8 Å². The van der Waals surface area contributed by atoms with Gasteiger partial charge in [0.05, 0.1) is 25.0 Å². The molecule has 1 fully saturated rings. The number of sulfonamides is 1. The van der Waals surface area contributed by atoms with E-state index in [4.69, 9.17) is 21.1 Å². The quantitative estimate of drug-likeness (QED) is 0.502. The number of nitrogens with zero attached hydrogens (tertiary/aromatic N) is 3. The molecule has 0 aliphatic carbocycles. The van der Waals surface area contributed by atoms with Crippen molar-refractivity contribution >= 4 is 39.3 Å². The number of ether oxygens (including phenoxy) is 2. The summed E-state index contributed by atoms with van der Waals surface area (Å²) in [7, 11) is -2.79. The molecule has 1 aliphatic heterocycles. The summed E-state index contributed by atoms with van der Waals surface area (Å²) in [6.07, 6.45) is 0.566. The summed E-state index contributed by atoms with van der Waals surface area (Å²) in [5.74, 6) is -3.17. The Balaban J connectivity index is 1.68. The number of carbonyl (C=O) groups excluding carboxylic acids is 2. The number of nitrogens with one attached hydrogen (secondary N) is 1. The number of amides is 1. The van der Waals surface area contributed by atoms with Gasteiger partial charge in [-0.3, -0.25) is 9.52 Å². The highest BCUT2D eigenvalue weighted by Gasteiger charge is 2.30. The average Bonchev–Trinajstić information content (AvgIpc) is 2.84. The highest BCUT2D eigenvalue weighted by atomic mass is 35.5. The Morgan fingerprint density at radius 1 is 1.31 bits per heavy atom. The molecule has 0 bridgehead atoms. The van der Waals surface area contributed by atoms with Crippen LogP contribution in [-0.2, 0) is 25.3 Å². The molecule has 0 atom stereocenters. The summed E-state index contributed by atoms with van der Waals surface area (Å²) in [5.41, 5.74) is 0.0513. The van der Waals surface area contributed by atoms with Gasteiger partial charge in [-0.1, -0.05) is 17.7 Å². The number of esters is 1. The zero-order valence-electron chi connectivity index (χ0n) is 19.6. The van der Waals surface area contributed by atoms with Crippen LogP contribution in [0, 0.1) is 23.1 Å². The van der Waals surface area contributed by atoms with Gasteiger partial charge in [0.2, 0.25) is 21.8 Å². The summed E-state index contributed by atoms with van der Waals surface area (Å²) in [6, 6.07) is 6.98. The van der Waals surface area contributed by atoms with Crippen molar-refractivity contribution in [3.63, 3.8) is 0 Å². The second-order valence-corrected chi connectivity index (χ2v) is 10.1. The van der Waals surface area contributed by atoms with Crippen molar-refractivity contribution in [1.82, 2.24) is 9.71 Å². The zero-order valence-corrected chi connectivity index (χ0v) is 21.2. The van der Waals surface area contributed by atoms with E-state index in [-0.39, 0.29) is 52.9 Å². The SMILES string of the molecule is CCOC(=O)c1cc(C#N)c(N2CCC(C(=O)NS(=O)(=O)Cc3ccc(Cl)cc3F)CC2)nc1OC. The number of pyridine rings is 1. The smallest absolute Gasteiger partial charge is 0.343 e. The van der Waals surface area contributed by atoms with Crippen LogP contribution in [0.5, 0.6) is 5.88 Å². The molecule has 2 heterocycles. The molecule has 36 heavy (non-hydrogen) atoms. The third kappa shape index (κ3) is 6.41. The topological polar surface area (TPSA) is 139 Å². The number of benzene rings is 1. The number of aromatic nitrogens is 1. The summed E-state index contributed by atoms with van der Waals surface area (Å²) in [6.45, 7) is 2.39. The number of nitriles is 1. The second-order valence-electron chi connectivity index (χ2n) is 7.97.